The van der Waals surface area contributed by atoms with E-state index in [0.29, 0.717) is 15.8 Å². The number of aryl methyl sites for hydroxylation is 1. The topological polar surface area (TPSA) is 29.5 Å². The predicted octanol–water partition coefficient (Wildman–Crippen LogP) is 4.74. The van der Waals surface area contributed by atoms with Gasteiger partial charge in [0.15, 0.2) is 11.6 Å². The van der Waals surface area contributed by atoms with Crippen LogP contribution in [0.5, 0.6) is 11.5 Å². The van der Waals surface area contributed by atoms with Gasteiger partial charge < -0.3 is 9.84 Å². The second-order valence-electron chi connectivity index (χ2n) is 4.35. The Balaban J connectivity index is 2.31. The first kappa shape index (κ1) is 14.0. The third-order valence-corrected chi connectivity index (χ3v) is 3.43. The van der Waals surface area contributed by atoms with Crippen LogP contribution in [-0.2, 0) is 0 Å². The summed E-state index contributed by atoms with van der Waals surface area (Å²) in [5.41, 5.74) is 1.30. The lowest BCUT2D eigenvalue weighted by Crippen LogP contribution is -1.94. The lowest BCUT2D eigenvalue weighted by molar-refractivity contribution is 0.199. The van der Waals surface area contributed by atoms with Gasteiger partial charge in [-0.25, -0.2) is 4.39 Å². The molecule has 0 radical (unpaired) electrons. The highest BCUT2D eigenvalue weighted by molar-refractivity contribution is 9.10. The summed E-state index contributed by atoms with van der Waals surface area (Å²) in [7, 11) is 0. The highest BCUT2D eigenvalue weighted by Crippen LogP contribution is 2.33. The molecule has 2 rings (SSSR count). The molecule has 2 nitrogen and oxygen atoms in total. The van der Waals surface area contributed by atoms with Crippen LogP contribution in [0.25, 0.3) is 0 Å². The van der Waals surface area contributed by atoms with E-state index in [4.69, 9.17) is 4.74 Å². The predicted molar refractivity (Wildman–Crippen MR) is 76.0 cm³/mol. The Hall–Kier alpha value is -1.39. The molecular weight excluding hydrogens is 311 g/mol. The number of hydrogen-bond donors (Lipinski definition) is 1. The zero-order valence-corrected chi connectivity index (χ0v) is 12.2. The maximum atomic E-state index is 13.8. The number of rotatable bonds is 3. The van der Waals surface area contributed by atoms with E-state index in [1.165, 1.54) is 0 Å². The van der Waals surface area contributed by atoms with Crippen LogP contribution >= 0.6 is 15.9 Å². The minimum absolute atomic E-state index is 0.186. The van der Waals surface area contributed by atoms with Crippen LogP contribution in [0.2, 0.25) is 0 Å². The molecule has 0 bridgehead atoms. The zero-order chi connectivity index (χ0) is 14.0. The molecule has 0 aliphatic heterocycles. The highest BCUT2D eigenvalue weighted by atomic mass is 79.9. The lowest BCUT2D eigenvalue weighted by atomic mass is 10.1. The number of aliphatic hydroxyl groups excluding tert-OH is 1. The van der Waals surface area contributed by atoms with Crippen molar-refractivity contribution in [1.82, 2.24) is 0 Å². The third-order valence-electron chi connectivity index (χ3n) is 2.81. The van der Waals surface area contributed by atoms with Gasteiger partial charge in [0.2, 0.25) is 0 Å². The summed E-state index contributed by atoms with van der Waals surface area (Å²) in [6.07, 6.45) is -0.555. The third kappa shape index (κ3) is 3.14. The van der Waals surface area contributed by atoms with E-state index < -0.39 is 6.10 Å². The Morgan fingerprint density at radius 3 is 2.58 bits per heavy atom. The van der Waals surface area contributed by atoms with Crippen molar-refractivity contribution in [1.29, 1.82) is 0 Å². The van der Waals surface area contributed by atoms with Gasteiger partial charge in [0, 0.05) is 0 Å². The smallest absolute Gasteiger partial charge is 0.168 e. The van der Waals surface area contributed by atoms with Crippen LogP contribution in [0.15, 0.2) is 40.9 Å². The maximum absolute atomic E-state index is 13.8. The fourth-order valence-electron chi connectivity index (χ4n) is 1.68. The summed E-state index contributed by atoms with van der Waals surface area (Å²) < 4.78 is 20.1. The molecule has 100 valence electrons. The van der Waals surface area contributed by atoms with Crippen molar-refractivity contribution in [2.75, 3.05) is 0 Å². The molecule has 0 aromatic heterocycles. The first-order chi connectivity index (χ1) is 8.99. The van der Waals surface area contributed by atoms with E-state index in [-0.39, 0.29) is 11.6 Å². The summed E-state index contributed by atoms with van der Waals surface area (Å²) in [4.78, 5) is 0. The Labute approximate surface area is 120 Å². The number of benzene rings is 2. The standard InChI is InChI=1S/C15H14BrFO2/c1-9-4-3-5-14(15(9)17)19-13-7-6-11(10(2)18)8-12(13)16/h3-8,10,18H,1-2H3/t10-/m1/s1. The Bertz CT molecular complexity index is 597. The van der Waals surface area contributed by atoms with Gasteiger partial charge in [-0.3, -0.25) is 0 Å². The zero-order valence-electron chi connectivity index (χ0n) is 10.7. The van der Waals surface area contributed by atoms with Gasteiger partial charge >= 0.3 is 0 Å². The largest absolute Gasteiger partial charge is 0.453 e. The monoisotopic (exact) mass is 324 g/mol. The summed E-state index contributed by atoms with van der Waals surface area (Å²) in [6.45, 7) is 3.37. The van der Waals surface area contributed by atoms with Crippen molar-refractivity contribution in [3.8, 4) is 11.5 Å². The van der Waals surface area contributed by atoms with Crippen LogP contribution in [-0.4, -0.2) is 5.11 Å². The van der Waals surface area contributed by atoms with Crippen molar-refractivity contribution < 1.29 is 14.2 Å². The molecule has 0 heterocycles. The molecule has 19 heavy (non-hydrogen) atoms. The normalized spacial score (nSPS) is 12.3. The van der Waals surface area contributed by atoms with E-state index in [9.17, 15) is 9.50 Å². The van der Waals surface area contributed by atoms with Crippen molar-refractivity contribution in [3.05, 3.63) is 57.8 Å². The van der Waals surface area contributed by atoms with Crippen molar-refractivity contribution >= 4 is 15.9 Å². The van der Waals surface area contributed by atoms with E-state index in [1.807, 2.05) is 0 Å². The van der Waals surface area contributed by atoms with Crippen LogP contribution in [0.3, 0.4) is 0 Å². The molecule has 2 aromatic carbocycles. The van der Waals surface area contributed by atoms with Gasteiger partial charge in [-0.2, -0.15) is 0 Å². The summed E-state index contributed by atoms with van der Waals surface area (Å²) >= 11 is 3.36. The van der Waals surface area contributed by atoms with E-state index in [0.717, 1.165) is 5.56 Å². The fraction of sp³-hybridized carbons (Fsp3) is 0.200. The number of halogens is 2. The molecule has 0 saturated carbocycles. The SMILES string of the molecule is Cc1cccc(Oc2ccc([C@@H](C)O)cc2Br)c1F. The van der Waals surface area contributed by atoms with E-state index in [2.05, 4.69) is 15.9 Å². The van der Waals surface area contributed by atoms with Gasteiger partial charge in [-0.15, -0.1) is 0 Å². The van der Waals surface area contributed by atoms with Crippen molar-refractivity contribution in [3.63, 3.8) is 0 Å². The molecule has 0 saturated heterocycles. The van der Waals surface area contributed by atoms with Crippen LogP contribution in [0.4, 0.5) is 4.39 Å². The number of hydrogen-bond acceptors (Lipinski definition) is 2. The second-order valence-corrected chi connectivity index (χ2v) is 5.21. The van der Waals surface area contributed by atoms with Crippen LogP contribution in [0.1, 0.15) is 24.2 Å². The molecule has 0 fully saturated rings. The molecule has 0 unspecified atom stereocenters. The molecule has 1 N–H and O–H groups in total. The Kier molecular flexibility index (Phi) is 4.22. The molecule has 1 atom stereocenters. The average molecular weight is 325 g/mol. The molecule has 0 aliphatic carbocycles. The fourth-order valence-corrected chi connectivity index (χ4v) is 2.15. The first-order valence-electron chi connectivity index (χ1n) is 5.89. The van der Waals surface area contributed by atoms with Gasteiger partial charge in [0.1, 0.15) is 5.75 Å². The highest BCUT2D eigenvalue weighted by Gasteiger charge is 2.10. The molecule has 0 spiro atoms. The summed E-state index contributed by atoms with van der Waals surface area (Å²) in [6, 6.07) is 10.2. The van der Waals surface area contributed by atoms with Crippen molar-refractivity contribution in [2.45, 2.75) is 20.0 Å². The summed E-state index contributed by atoms with van der Waals surface area (Å²) in [5, 5.41) is 9.49. The lowest BCUT2D eigenvalue weighted by Gasteiger charge is -2.12. The molecule has 2 aromatic rings. The molecular formula is C15H14BrFO2. The van der Waals surface area contributed by atoms with Gasteiger partial charge in [0.05, 0.1) is 10.6 Å². The van der Waals surface area contributed by atoms with E-state index in [1.54, 1.807) is 50.2 Å². The number of ether oxygens (including phenoxy) is 1. The van der Waals surface area contributed by atoms with E-state index >= 15 is 0 Å². The minimum atomic E-state index is -0.555. The van der Waals surface area contributed by atoms with Crippen LogP contribution < -0.4 is 4.74 Å². The molecule has 0 aliphatic rings. The first-order valence-corrected chi connectivity index (χ1v) is 6.69. The quantitative estimate of drug-likeness (QED) is 0.883. The minimum Gasteiger partial charge on any atom is -0.453 e. The van der Waals surface area contributed by atoms with Crippen molar-refractivity contribution in [2.24, 2.45) is 0 Å². The second kappa shape index (κ2) is 5.72. The maximum Gasteiger partial charge on any atom is 0.168 e. The molecule has 4 heteroatoms. The number of aliphatic hydroxyl groups is 1. The average Bonchev–Trinajstić information content (AvgIpc) is 2.37. The van der Waals surface area contributed by atoms with Gasteiger partial charge in [-0.1, -0.05) is 18.2 Å². The van der Waals surface area contributed by atoms with Gasteiger partial charge in [-0.05, 0) is 59.1 Å². The Morgan fingerprint density at radius 1 is 1.21 bits per heavy atom. The molecule has 0 amide bonds. The summed E-state index contributed by atoms with van der Waals surface area (Å²) in [5.74, 6) is 0.327. The van der Waals surface area contributed by atoms with Crippen LogP contribution in [0, 0.1) is 12.7 Å². The van der Waals surface area contributed by atoms with Gasteiger partial charge in [0.25, 0.3) is 0 Å². The Morgan fingerprint density at radius 2 is 1.95 bits per heavy atom.